The molecule has 34 heavy (non-hydrogen) atoms. The molecule has 1 fully saturated rings. The van der Waals surface area contributed by atoms with Crippen molar-refractivity contribution < 1.29 is 17.8 Å². The molecule has 0 aromatic heterocycles. The molecular formula is C29H62NO3Si+. The van der Waals surface area contributed by atoms with E-state index in [0.717, 1.165) is 6.04 Å². The first-order valence-electron chi connectivity index (χ1n) is 15.4. The van der Waals surface area contributed by atoms with Gasteiger partial charge in [0.15, 0.2) is 0 Å². The first kappa shape index (κ1) is 32.1. The summed E-state index contributed by atoms with van der Waals surface area (Å²) in [5, 5.41) is 0. The third-order valence-corrected chi connectivity index (χ3v) is 10.9. The van der Waals surface area contributed by atoms with Gasteiger partial charge in [0.2, 0.25) is 0 Å². The molecule has 4 nitrogen and oxygen atoms in total. The maximum absolute atomic E-state index is 6.08. The van der Waals surface area contributed by atoms with E-state index in [1.165, 1.54) is 140 Å². The highest BCUT2D eigenvalue weighted by Crippen LogP contribution is 2.25. The van der Waals surface area contributed by atoms with Crippen LogP contribution in [-0.4, -0.2) is 59.3 Å². The molecule has 0 aliphatic carbocycles. The van der Waals surface area contributed by atoms with E-state index in [-0.39, 0.29) is 0 Å². The first-order valence-corrected chi connectivity index (χ1v) is 17.4. The summed E-state index contributed by atoms with van der Waals surface area (Å²) in [7, 11) is -2.48. The summed E-state index contributed by atoms with van der Waals surface area (Å²) in [6, 6.07) is 0.973. The van der Waals surface area contributed by atoms with Crippen LogP contribution in [0.15, 0.2) is 0 Å². The fourth-order valence-electron chi connectivity index (χ4n) is 5.84. The van der Waals surface area contributed by atoms with Crippen LogP contribution in [0.25, 0.3) is 0 Å². The molecule has 204 valence electrons. The zero-order valence-electron chi connectivity index (χ0n) is 23.8. The number of hydrogen-bond donors (Lipinski definition) is 0. The van der Waals surface area contributed by atoms with Crippen LogP contribution >= 0.6 is 0 Å². The van der Waals surface area contributed by atoms with E-state index < -0.39 is 8.80 Å². The van der Waals surface area contributed by atoms with Gasteiger partial charge in [0.25, 0.3) is 0 Å². The van der Waals surface area contributed by atoms with Gasteiger partial charge in [0.1, 0.15) is 0 Å². The second-order valence-corrected chi connectivity index (χ2v) is 13.4. The molecule has 1 saturated heterocycles. The highest BCUT2D eigenvalue weighted by molar-refractivity contribution is 6.60. The van der Waals surface area contributed by atoms with Crippen LogP contribution in [0.2, 0.25) is 6.04 Å². The van der Waals surface area contributed by atoms with E-state index in [1.807, 2.05) is 0 Å². The summed E-state index contributed by atoms with van der Waals surface area (Å²) in [5.74, 6) is 0. The lowest BCUT2D eigenvalue weighted by atomic mass is 10.0. The largest absolute Gasteiger partial charge is 0.501 e. The van der Waals surface area contributed by atoms with E-state index >= 15 is 0 Å². The van der Waals surface area contributed by atoms with Crippen molar-refractivity contribution in [3.8, 4) is 0 Å². The third-order valence-electron chi connectivity index (χ3n) is 7.71. The SMILES string of the molecule is CCCCCCCCCCCCCCCC[N+]1(CCC[Si](OCC)(OCC)OCC)CCCC1. The zero-order chi connectivity index (χ0) is 24.8. The summed E-state index contributed by atoms with van der Waals surface area (Å²) in [6.45, 7) is 16.0. The van der Waals surface area contributed by atoms with Crippen molar-refractivity contribution in [3.63, 3.8) is 0 Å². The van der Waals surface area contributed by atoms with Crippen molar-refractivity contribution in [2.75, 3.05) is 46.0 Å². The molecule has 5 heteroatoms. The maximum atomic E-state index is 6.08. The molecule has 1 aliphatic rings. The van der Waals surface area contributed by atoms with Gasteiger partial charge >= 0.3 is 8.80 Å². The van der Waals surface area contributed by atoms with Gasteiger partial charge in [0, 0.05) is 45.1 Å². The Morgan fingerprint density at radius 3 is 1.29 bits per heavy atom. The summed E-state index contributed by atoms with van der Waals surface area (Å²) in [6.07, 6.45) is 24.2. The molecule has 1 aliphatic heterocycles. The maximum Gasteiger partial charge on any atom is 0.501 e. The van der Waals surface area contributed by atoms with Crippen LogP contribution < -0.4 is 0 Å². The number of hydrogen-bond acceptors (Lipinski definition) is 3. The second-order valence-electron chi connectivity index (χ2n) is 10.6. The average Bonchev–Trinajstić information content (AvgIpc) is 3.28. The molecule has 1 rings (SSSR count). The molecule has 0 amide bonds. The molecule has 0 N–H and O–H groups in total. The van der Waals surface area contributed by atoms with E-state index in [4.69, 9.17) is 13.3 Å². The van der Waals surface area contributed by atoms with Crippen LogP contribution in [0.1, 0.15) is 137 Å². The Morgan fingerprint density at radius 1 is 0.500 bits per heavy atom. The summed E-state index contributed by atoms with van der Waals surface area (Å²) < 4.78 is 19.6. The van der Waals surface area contributed by atoms with Crippen molar-refractivity contribution in [1.82, 2.24) is 0 Å². The van der Waals surface area contributed by atoms with Crippen LogP contribution in [0.4, 0.5) is 0 Å². The standard InChI is InChI=1S/C29H62NO3Si/c1-5-9-10-11-12-13-14-15-16-17-18-19-20-21-25-30(26-22-23-27-30)28-24-29-34(31-6-2,32-7-3)33-8-4/h5-29H2,1-4H3/q+1. The highest BCUT2D eigenvalue weighted by atomic mass is 28.4. The molecule has 0 aromatic carbocycles. The Bertz CT molecular complexity index is 426. The van der Waals surface area contributed by atoms with Crippen molar-refractivity contribution in [2.45, 2.75) is 143 Å². The van der Waals surface area contributed by atoms with Crippen molar-refractivity contribution >= 4 is 8.80 Å². The summed E-state index contributed by atoms with van der Waals surface area (Å²) >= 11 is 0. The Hall–Kier alpha value is 0.0569. The van der Waals surface area contributed by atoms with E-state index in [9.17, 15) is 0 Å². The molecule has 0 unspecified atom stereocenters. The normalized spacial score (nSPS) is 15.9. The lowest BCUT2D eigenvalue weighted by Crippen LogP contribution is -2.49. The fourth-order valence-corrected chi connectivity index (χ4v) is 8.43. The smallest absolute Gasteiger partial charge is 0.374 e. The topological polar surface area (TPSA) is 27.7 Å². The number of likely N-dealkylation sites (tertiary alicyclic amines) is 1. The van der Waals surface area contributed by atoms with Crippen LogP contribution in [0.3, 0.4) is 0 Å². The number of unbranched alkanes of at least 4 members (excludes halogenated alkanes) is 13. The lowest BCUT2D eigenvalue weighted by Gasteiger charge is -2.36. The van der Waals surface area contributed by atoms with Gasteiger partial charge < -0.3 is 17.8 Å². The molecule has 0 bridgehead atoms. The zero-order valence-corrected chi connectivity index (χ0v) is 24.8. The average molecular weight is 501 g/mol. The third kappa shape index (κ3) is 14.6. The van der Waals surface area contributed by atoms with E-state index in [0.29, 0.717) is 19.8 Å². The van der Waals surface area contributed by atoms with Gasteiger partial charge in [-0.2, -0.15) is 0 Å². The van der Waals surface area contributed by atoms with Crippen molar-refractivity contribution in [2.24, 2.45) is 0 Å². The molecule has 0 saturated carbocycles. The fraction of sp³-hybridized carbons (Fsp3) is 1.00. The lowest BCUT2D eigenvalue weighted by molar-refractivity contribution is -0.917. The van der Waals surface area contributed by atoms with Gasteiger partial charge in [-0.3, -0.25) is 0 Å². The van der Waals surface area contributed by atoms with Gasteiger partial charge in [-0.15, -0.1) is 0 Å². The first-order chi connectivity index (χ1) is 16.7. The number of quaternary nitrogens is 1. The minimum atomic E-state index is -2.48. The van der Waals surface area contributed by atoms with Gasteiger partial charge in [0.05, 0.1) is 26.2 Å². The number of rotatable bonds is 25. The quantitative estimate of drug-likeness (QED) is 0.0714. The molecule has 0 atom stereocenters. The molecule has 0 spiro atoms. The predicted molar refractivity (Wildman–Crippen MR) is 149 cm³/mol. The van der Waals surface area contributed by atoms with Gasteiger partial charge in [-0.1, -0.05) is 84.0 Å². The minimum absolute atomic E-state index is 0.686. The highest BCUT2D eigenvalue weighted by Gasteiger charge is 2.41. The van der Waals surface area contributed by atoms with Gasteiger partial charge in [-0.05, 0) is 33.6 Å². The summed E-state index contributed by atoms with van der Waals surface area (Å²) in [5.41, 5.74) is 0. The summed E-state index contributed by atoms with van der Waals surface area (Å²) in [4.78, 5) is 0. The second kappa shape index (κ2) is 21.2. The predicted octanol–water partition coefficient (Wildman–Crippen LogP) is 8.52. The molecule has 0 radical (unpaired) electrons. The van der Waals surface area contributed by atoms with Crippen LogP contribution in [0.5, 0.6) is 0 Å². The van der Waals surface area contributed by atoms with Crippen LogP contribution in [0, 0.1) is 0 Å². The number of nitrogens with zero attached hydrogens (tertiary/aromatic N) is 1. The Labute approximate surface area is 215 Å². The Balaban J connectivity index is 2.16. The monoisotopic (exact) mass is 500 g/mol. The minimum Gasteiger partial charge on any atom is -0.374 e. The van der Waals surface area contributed by atoms with E-state index in [1.54, 1.807) is 0 Å². The van der Waals surface area contributed by atoms with Gasteiger partial charge in [-0.25, -0.2) is 0 Å². The molecule has 0 aromatic rings. The molecule has 1 heterocycles. The van der Waals surface area contributed by atoms with Crippen molar-refractivity contribution in [1.29, 1.82) is 0 Å². The van der Waals surface area contributed by atoms with Crippen molar-refractivity contribution in [3.05, 3.63) is 0 Å². The van der Waals surface area contributed by atoms with Crippen LogP contribution in [-0.2, 0) is 13.3 Å². The Morgan fingerprint density at radius 2 is 0.882 bits per heavy atom. The van der Waals surface area contributed by atoms with E-state index in [2.05, 4.69) is 27.7 Å². The molecular weight excluding hydrogens is 438 g/mol. The Kier molecular flexibility index (Phi) is 20.0.